The van der Waals surface area contributed by atoms with Crippen LogP contribution in [0.3, 0.4) is 0 Å². The van der Waals surface area contributed by atoms with Crippen molar-refractivity contribution >= 4 is 34.6 Å². The molecule has 0 N–H and O–H groups in total. The third-order valence-electron chi connectivity index (χ3n) is 4.70. The first-order valence-corrected chi connectivity index (χ1v) is 10.7. The molecule has 0 bridgehead atoms. The Labute approximate surface area is 189 Å². The van der Waals surface area contributed by atoms with Gasteiger partial charge in [0.15, 0.2) is 16.4 Å². The van der Waals surface area contributed by atoms with Crippen molar-refractivity contribution in [2.24, 2.45) is 0 Å². The van der Waals surface area contributed by atoms with E-state index in [1.54, 1.807) is 37.3 Å². The standard InChI is InChI=1S/C24H22FNO5S/c1-4-9-17(25)12-16-13-26(14-18(27)15-10-7-6-8-11-15)23(28)19-20(30-3)22(32-21(16)19)24(29)31-5-2/h4,6-12H,1,5,13-14H2,2-3H3/b16-12+,17-9+. The number of thiophene rings is 1. The zero-order valence-electron chi connectivity index (χ0n) is 17.7. The molecule has 0 aliphatic carbocycles. The molecule has 1 aromatic carbocycles. The first kappa shape index (κ1) is 23.1. The van der Waals surface area contributed by atoms with Gasteiger partial charge in [-0.3, -0.25) is 9.59 Å². The number of ketones is 1. The lowest BCUT2D eigenvalue weighted by Gasteiger charge is -2.28. The van der Waals surface area contributed by atoms with Gasteiger partial charge in [0.2, 0.25) is 0 Å². The van der Waals surface area contributed by atoms with Gasteiger partial charge in [-0.1, -0.05) is 43.0 Å². The lowest BCUT2D eigenvalue weighted by Crippen LogP contribution is -2.40. The van der Waals surface area contributed by atoms with E-state index < -0.39 is 17.7 Å². The molecule has 0 radical (unpaired) electrons. The second kappa shape index (κ2) is 10.2. The van der Waals surface area contributed by atoms with Crippen molar-refractivity contribution in [2.45, 2.75) is 6.92 Å². The number of fused-ring (bicyclic) bond motifs is 1. The molecule has 3 rings (SSSR count). The molecule has 1 amide bonds. The van der Waals surface area contributed by atoms with Gasteiger partial charge >= 0.3 is 5.97 Å². The van der Waals surface area contributed by atoms with E-state index >= 15 is 0 Å². The maximum Gasteiger partial charge on any atom is 0.352 e. The number of carbonyl (C=O) groups excluding carboxylic acids is 3. The number of benzene rings is 1. The zero-order chi connectivity index (χ0) is 23.3. The van der Waals surface area contributed by atoms with Gasteiger partial charge in [0.1, 0.15) is 11.4 Å². The summed E-state index contributed by atoms with van der Waals surface area (Å²) >= 11 is 1.00. The van der Waals surface area contributed by atoms with Gasteiger partial charge in [0, 0.05) is 17.0 Å². The van der Waals surface area contributed by atoms with Gasteiger partial charge in [-0.15, -0.1) is 11.3 Å². The van der Waals surface area contributed by atoms with Crippen LogP contribution in [-0.2, 0) is 4.74 Å². The number of amides is 1. The van der Waals surface area contributed by atoms with Crippen LogP contribution in [0, 0.1) is 0 Å². The molecule has 0 saturated heterocycles. The van der Waals surface area contributed by atoms with Crippen LogP contribution in [0.5, 0.6) is 5.75 Å². The monoisotopic (exact) mass is 455 g/mol. The molecule has 2 heterocycles. The van der Waals surface area contributed by atoms with E-state index in [-0.39, 0.29) is 41.7 Å². The predicted octanol–water partition coefficient (Wildman–Crippen LogP) is 4.69. The van der Waals surface area contributed by atoms with E-state index in [4.69, 9.17) is 9.47 Å². The van der Waals surface area contributed by atoms with Crippen LogP contribution >= 0.6 is 11.3 Å². The molecule has 2 aromatic rings. The van der Waals surface area contributed by atoms with Crippen LogP contribution in [-0.4, -0.2) is 49.4 Å². The molecule has 0 spiro atoms. The quantitative estimate of drug-likeness (QED) is 0.328. The van der Waals surface area contributed by atoms with E-state index in [2.05, 4.69) is 6.58 Å². The van der Waals surface area contributed by atoms with Crippen LogP contribution in [0.1, 0.15) is 42.2 Å². The average molecular weight is 456 g/mol. The van der Waals surface area contributed by atoms with Crippen molar-refractivity contribution in [3.05, 3.63) is 81.8 Å². The number of methoxy groups -OCH3 is 1. The van der Waals surface area contributed by atoms with Crippen molar-refractivity contribution < 1.29 is 28.2 Å². The molecular formula is C24H22FNO5S. The Morgan fingerprint density at radius 1 is 1.28 bits per heavy atom. The minimum atomic E-state index is -0.634. The Morgan fingerprint density at radius 2 is 2.00 bits per heavy atom. The van der Waals surface area contributed by atoms with Crippen LogP contribution in [0.4, 0.5) is 4.39 Å². The number of ether oxygens (including phenoxy) is 2. The van der Waals surface area contributed by atoms with Gasteiger partial charge in [-0.05, 0) is 24.6 Å². The second-order valence-electron chi connectivity index (χ2n) is 6.80. The maximum atomic E-state index is 14.3. The predicted molar refractivity (Wildman–Crippen MR) is 121 cm³/mol. The number of esters is 1. The SMILES string of the molecule is C=C/C=C(F)\C=C1/CN(CC(=O)c2ccccc2)C(=O)c2c1sc(C(=O)OCC)c2OC. The Morgan fingerprint density at radius 3 is 2.62 bits per heavy atom. The summed E-state index contributed by atoms with van der Waals surface area (Å²) in [5.74, 6) is -1.88. The third kappa shape index (κ3) is 4.70. The molecule has 8 heteroatoms. The van der Waals surface area contributed by atoms with Crippen molar-refractivity contribution in [1.82, 2.24) is 4.90 Å². The van der Waals surface area contributed by atoms with Crippen LogP contribution in [0.2, 0.25) is 0 Å². The Balaban J connectivity index is 2.09. The first-order chi connectivity index (χ1) is 15.4. The lowest BCUT2D eigenvalue weighted by atomic mass is 10.0. The summed E-state index contributed by atoms with van der Waals surface area (Å²) in [5.41, 5.74) is 1.01. The Kier molecular flexibility index (Phi) is 7.37. The summed E-state index contributed by atoms with van der Waals surface area (Å²) in [6.45, 7) is 5.08. The molecule has 1 aliphatic rings. The number of halogens is 1. The average Bonchev–Trinajstić information content (AvgIpc) is 3.18. The highest BCUT2D eigenvalue weighted by Crippen LogP contribution is 2.43. The number of rotatable bonds is 8. The molecule has 0 saturated carbocycles. The zero-order valence-corrected chi connectivity index (χ0v) is 18.5. The summed E-state index contributed by atoms with van der Waals surface area (Å²) in [4.78, 5) is 40.3. The highest BCUT2D eigenvalue weighted by molar-refractivity contribution is 7.16. The van der Waals surface area contributed by atoms with E-state index in [1.807, 2.05) is 0 Å². The fourth-order valence-corrected chi connectivity index (χ4v) is 4.49. The summed E-state index contributed by atoms with van der Waals surface area (Å²) in [5, 5.41) is 0. The minimum absolute atomic E-state index is 0.00522. The van der Waals surface area contributed by atoms with Gasteiger partial charge in [0.25, 0.3) is 5.91 Å². The Bertz CT molecular complexity index is 1120. The normalized spacial score (nSPS) is 14.8. The summed E-state index contributed by atoms with van der Waals surface area (Å²) in [7, 11) is 1.34. The molecular weight excluding hydrogens is 433 g/mol. The number of hydrogen-bond donors (Lipinski definition) is 0. The maximum absolute atomic E-state index is 14.3. The topological polar surface area (TPSA) is 72.9 Å². The first-order valence-electron chi connectivity index (χ1n) is 9.85. The van der Waals surface area contributed by atoms with Gasteiger partial charge in [-0.25, -0.2) is 9.18 Å². The van der Waals surface area contributed by atoms with Crippen molar-refractivity contribution in [3.8, 4) is 5.75 Å². The fourth-order valence-electron chi connectivity index (χ4n) is 3.32. The van der Waals surface area contributed by atoms with E-state index in [1.165, 1.54) is 30.2 Å². The summed E-state index contributed by atoms with van der Waals surface area (Å²) in [6.07, 6.45) is 3.74. The second-order valence-corrected chi connectivity index (χ2v) is 7.82. The van der Waals surface area contributed by atoms with Crippen molar-refractivity contribution in [2.75, 3.05) is 26.8 Å². The van der Waals surface area contributed by atoms with E-state index in [0.29, 0.717) is 16.0 Å². The van der Waals surface area contributed by atoms with Crippen molar-refractivity contribution in [3.63, 3.8) is 0 Å². The molecule has 1 aliphatic heterocycles. The molecule has 0 unspecified atom stereocenters. The highest BCUT2D eigenvalue weighted by Gasteiger charge is 2.37. The number of allylic oxidation sites excluding steroid dienone is 4. The minimum Gasteiger partial charge on any atom is -0.494 e. The summed E-state index contributed by atoms with van der Waals surface area (Å²) in [6, 6.07) is 8.58. The van der Waals surface area contributed by atoms with Crippen LogP contribution in [0.15, 0.2) is 61.0 Å². The number of carbonyl (C=O) groups is 3. The fraction of sp³-hybridized carbons (Fsp3) is 0.208. The van der Waals surface area contributed by atoms with Crippen LogP contribution < -0.4 is 4.74 Å². The molecule has 6 nitrogen and oxygen atoms in total. The molecule has 0 fully saturated rings. The van der Waals surface area contributed by atoms with E-state index in [9.17, 15) is 18.8 Å². The molecule has 0 atom stereocenters. The van der Waals surface area contributed by atoms with Gasteiger partial charge in [0.05, 0.1) is 20.3 Å². The Hall–Kier alpha value is -3.52. The molecule has 166 valence electrons. The van der Waals surface area contributed by atoms with Gasteiger partial charge < -0.3 is 14.4 Å². The molecule has 1 aromatic heterocycles. The number of nitrogens with zero attached hydrogens (tertiary/aromatic N) is 1. The largest absolute Gasteiger partial charge is 0.494 e. The summed E-state index contributed by atoms with van der Waals surface area (Å²) < 4.78 is 24.8. The third-order valence-corrected chi connectivity index (χ3v) is 5.93. The van der Waals surface area contributed by atoms with Crippen molar-refractivity contribution in [1.29, 1.82) is 0 Å². The van der Waals surface area contributed by atoms with Crippen LogP contribution in [0.25, 0.3) is 5.57 Å². The number of hydrogen-bond acceptors (Lipinski definition) is 6. The van der Waals surface area contributed by atoms with Gasteiger partial charge in [-0.2, -0.15) is 0 Å². The highest BCUT2D eigenvalue weighted by atomic mass is 32.1. The molecule has 32 heavy (non-hydrogen) atoms. The smallest absolute Gasteiger partial charge is 0.352 e. The number of Topliss-reactive ketones (excluding diaryl/α,β-unsaturated/α-hetero) is 1. The lowest BCUT2D eigenvalue weighted by molar-refractivity contribution is 0.0528. The van der Waals surface area contributed by atoms with E-state index in [0.717, 1.165) is 11.3 Å².